The zero-order chi connectivity index (χ0) is 46.5. The second-order valence-corrected chi connectivity index (χ2v) is 30.4. The van der Waals surface area contributed by atoms with Gasteiger partial charge < -0.3 is 8.98 Å². The van der Waals surface area contributed by atoms with Crippen LogP contribution in [-0.4, -0.2) is 22.8 Å². The minimum Gasteiger partial charge on any atom is -0.343 e. The molecule has 0 radical (unpaired) electrons. The molecule has 66 heavy (non-hydrogen) atoms. The molecule has 0 bridgehead atoms. The Hall–Kier alpha value is -5.91. The van der Waals surface area contributed by atoms with E-state index in [9.17, 15) is 5.26 Å². The van der Waals surface area contributed by atoms with E-state index in [1.54, 1.807) is 12.1 Å². The van der Waals surface area contributed by atoms with E-state index < -0.39 is 19.1 Å². The summed E-state index contributed by atoms with van der Waals surface area (Å²) in [6.45, 7) is 19.6. The maximum atomic E-state index is 15.5. The molecule has 0 aliphatic heterocycles. The molecule has 0 fully saturated rings. The van der Waals surface area contributed by atoms with Crippen molar-refractivity contribution in [1.29, 1.82) is 5.26 Å². The van der Waals surface area contributed by atoms with Crippen LogP contribution in [0, 0.1) is 37.2 Å². The van der Waals surface area contributed by atoms with Gasteiger partial charge in [-0.15, -0.1) is 17.7 Å². The van der Waals surface area contributed by atoms with E-state index in [4.69, 9.17) is 9.40 Å². The van der Waals surface area contributed by atoms with Crippen LogP contribution in [0.3, 0.4) is 0 Å². The monoisotopic (exact) mass is 1110 g/mol. The topological polar surface area (TPSA) is 58.6 Å². The van der Waals surface area contributed by atoms with Gasteiger partial charge in [0.05, 0.1) is 23.5 Å². The molecule has 0 amide bonds. The number of hydrogen-bond donors (Lipinski definition) is 0. The van der Waals surface area contributed by atoms with Crippen molar-refractivity contribution < 1.29 is 33.5 Å². The number of pyridine rings is 1. The Labute approximate surface area is 406 Å². The molecule has 0 N–H and O–H groups in total. The molecule has 0 atom stereocenters. The summed E-state index contributed by atoms with van der Waals surface area (Å²) in [6, 6.07) is 46.1. The first kappa shape index (κ1) is 48.0. The maximum absolute atomic E-state index is 15.5. The Morgan fingerprint density at radius 3 is 2.06 bits per heavy atom. The molecule has 0 spiro atoms. The minimum absolute atomic E-state index is 0. The van der Waals surface area contributed by atoms with E-state index in [0.29, 0.717) is 33.5 Å². The van der Waals surface area contributed by atoms with Gasteiger partial charge in [0.2, 0.25) is 0 Å². The minimum atomic E-state index is -1.95. The molecule has 0 saturated carbocycles. The summed E-state index contributed by atoms with van der Waals surface area (Å²) in [6.07, 6.45) is 2.10. The number of benzene rings is 6. The number of fused-ring (bicyclic) bond motifs is 4. The molecule has 3 aromatic heterocycles. The number of aromatic nitrogens is 3. The number of imidazole rings is 1. The molecule has 9 rings (SSSR count). The molecule has 3 heterocycles. The third kappa shape index (κ3) is 9.38. The average molecular weight is 1110 g/mol. The number of hydrogen-bond acceptors (Lipinski definition) is 3. The van der Waals surface area contributed by atoms with Crippen LogP contribution >= 0.6 is 0 Å². The molecule has 334 valence electrons. The normalized spacial score (nSPS) is 11.8. The summed E-state index contributed by atoms with van der Waals surface area (Å²) in [5, 5.41) is 10.9. The van der Waals surface area contributed by atoms with Crippen LogP contribution in [0.4, 0.5) is 4.39 Å². The van der Waals surface area contributed by atoms with Crippen LogP contribution in [0.2, 0.25) is 17.3 Å². The molecule has 0 unspecified atom stereocenters. The van der Waals surface area contributed by atoms with Crippen molar-refractivity contribution in [2.75, 3.05) is 0 Å². The fourth-order valence-electron chi connectivity index (χ4n) is 8.58. The summed E-state index contributed by atoms with van der Waals surface area (Å²) in [7, 11) is 4.10. The second kappa shape index (κ2) is 18.8. The largest absolute Gasteiger partial charge is 3.00 e. The summed E-state index contributed by atoms with van der Waals surface area (Å²) in [5.41, 5.74) is 14.1. The van der Waals surface area contributed by atoms with Crippen LogP contribution in [0.25, 0.3) is 72.4 Å². The first-order chi connectivity index (χ1) is 30.8. The SMILES string of the molecule is CC(C)c1cc(-c2cc[c]([Ge]([CH3])([CH3])[CH3])cc2)cc(C(C)C)c1-n1c(-c2[c-]c(F)cc3c2oc2cc(C#N)ccc23)nc2ccccc21.[CH2-]c1ccccc1-c1ccc(C(C)(C)C)c[n+]1[CH2-].[Ir+3]. The Morgan fingerprint density at radius 2 is 1.45 bits per heavy atom. The number of furan rings is 1. The van der Waals surface area contributed by atoms with Crippen molar-refractivity contribution in [1.82, 2.24) is 9.55 Å². The predicted molar refractivity (Wildman–Crippen MR) is 270 cm³/mol. The Bertz CT molecular complexity index is 3260. The third-order valence-corrected chi connectivity index (χ3v) is 16.6. The van der Waals surface area contributed by atoms with Crippen molar-refractivity contribution >= 4 is 50.6 Å². The summed E-state index contributed by atoms with van der Waals surface area (Å²) < 4.78 is 27.5. The van der Waals surface area contributed by atoms with Crippen molar-refractivity contribution in [3.8, 4) is 45.5 Å². The van der Waals surface area contributed by atoms with Crippen LogP contribution in [-0.2, 0) is 25.5 Å². The van der Waals surface area contributed by atoms with Gasteiger partial charge in [-0.2, -0.15) is 23.8 Å². The number of nitrogens with zero attached hydrogens (tertiary/aromatic N) is 4. The standard InChI is InChI=1S/C41H37FGeN3O.C17H20N.Ir/c1-24(2)32-19-28(27-13-15-30(16-14-27)43(5,6)7)20-33(25(3)4)39(32)46-37-11-9-8-10-36(37)45-41(46)35-22-29(42)21-34-31-17-12-26(23-44)18-38(31)47-40(34)35;1-13-8-6-7-9-15(13)16-11-10-14(12-18(16)5)17(2,3)4;/h8-21,24-25H,1-7H3;6-12H,1,5H2,2-4H3;/q2*-1;+3. The molecule has 9 aromatic rings. The number of nitriles is 1. The second-order valence-electron chi connectivity index (χ2n) is 19.7. The Morgan fingerprint density at radius 1 is 0.803 bits per heavy atom. The van der Waals surface area contributed by atoms with Crippen LogP contribution in [0.5, 0.6) is 0 Å². The Kier molecular flexibility index (Phi) is 13.7. The van der Waals surface area contributed by atoms with Crippen molar-refractivity contribution in [2.45, 2.75) is 83.0 Å². The van der Waals surface area contributed by atoms with Gasteiger partial charge in [0, 0.05) is 18.3 Å². The molecular formula is C58H57FGeIrN4O+. The zero-order valence-electron chi connectivity index (χ0n) is 39.6. The first-order valence-electron chi connectivity index (χ1n) is 22.4. The van der Waals surface area contributed by atoms with Gasteiger partial charge in [-0.05, 0) is 23.1 Å². The van der Waals surface area contributed by atoms with Gasteiger partial charge in [0.15, 0.2) is 0 Å². The van der Waals surface area contributed by atoms with Crippen molar-refractivity contribution in [3.63, 3.8) is 0 Å². The molecule has 8 heteroatoms. The van der Waals surface area contributed by atoms with Gasteiger partial charge in [0.1, 0.15) is 5.58 Å². The van der Waals surface area contributed by atoms with Crippen molar-refractivity contribution in [2.24, 2.45) is 0 Å². The van der Waals surface area contributed by atoms with E-state index in [1.165, 1.54) is 38.3 Å². The van der Waals surface area contributed by atoms with Crippen LogP contribution < -0.4 is 8.96 Å². The van der Waals surface area contributed by atoms with E-state index in [-0.39, 0.29) is 37.4 Å². The molecular weight excluding hydrogens is 1050 g/mol. The summed E-state index contributed by atoms with van der Waals surface area (Å²) in [4.78, 5) is 5.13. The predicted octanol–water partition coefficient (Wildman–Crippen LogP) is 14.6. The van der Waals surface area contributed by atoms with Crippen molar-refractivity contribution in [3.05, 3.63) is 181 Å². The van der Waals surface area contributed by atoms with E-state index in [1.807, 2.05) is 47.0 Å². The van der Waals surface area contributed by atoms with Gasteiger partial charge in [-0.3, -0.25) is 0 Å². The maximum Gasteiger partial charge on any atom is 3.00 e. The molecule has 0 saturated heterocycles. The number of para-hydroxylation sites is 2. The third-order valence-electron chi connectivity index (χ3n) is 12.3. The van der Waals surface area contributed by atoms with E-state index in [2.05, 4.69) is 163 Å². The number of rotatable bonds is 7. The quantitative estimate of drug-likeness (QED) is 0.0908. The Balaban J connectivity index is 0.000000287. The van der Waals surface area contributed by atoms with Gasteiger partial charge in [0.25, 0.3) is 0 Å². The van der Waals surface area contributed by atoms with Crippen LogP contribution in [0.15, 0.2) is 132 Å². The smallest absolute Gasteiger partial charge is 0.343 e. The average Bonchev–Trinajstić information content (AvgIpc) is 3.83. The molecule has 0 aliphatic rings. The van der Waals surface area contributed by atoms with Gasteiger partial charge >= 0.3 is 221 Å². The molecule has 5 nitrogen and oxygen atoms in total. The summed E-state index contributed by atoms with van der Waals surface area (Å²) >= 11 is -1.95. The van der Waals surface area contributed by atoms with Gasteiger partial charge in [-0.1, -0.05) is 62.6 Å². The first-order valence-corrected chi connectivity index (χ1v) is 29.7. The van der Waals surface area contributed by atoms with Gasteiger partial charge in [-0.25, -0.2) is 4.39 Å². The molecule has 6 aromatic carbocycles. The van der Waals surface area contributed by atoms with E-state index >= 15 is 4.39 Å². The van der Waals surface area contributed by atoms with E-state index in [0.717, 1.165) is 38.9 Å². The molecule has 0 aliphatic carbocycles. The fraction of sp³-hybridized carbons (Fsp3) is 0.224. The van der Waals surface area contributed by atoms with Crippen LogP contribution in [0.1, 0.15) is 88.1 Å². The fourth-order valence-corrected chi connectivity index (χ4v) is 11.0. The summed E-state index contributed by atoms with van der Waals surface area (Å²) in [5.74, 6) is 7.70. The zero-order valence-corrected chi connectivity index (χ0v) is 44.1. The number of halogens is 1.